The molecule has 3 heterocycles. The Morgan fingerprint density at radius 3 is 2.48 bits per heavy atom. The summed E-state index contributed by atoms with van der Waals surface area (Å²) in [6, 6.07) is 18.5. The second kappa shape index (κ2) is 8.18. The second-order valence-corrected chi connectivity index (χ2v) is 8.96. The molecule has 5 rings (SSSR count). The number of nitrogens with one attached hydrogen (secondary N) is 1. The van der Waals surface area contributed by atoms with Crippen molar-refractivity contribution in [2.24, 2.45) is 0 Å². The predicted octanol–water partition coefficient (Wildman–Crippen LogP) is 4.04. The van der Waals surface area contributed by atoms with Crippen LogP contribution >= 0.6 is 11.3 Å². The van der Waals surface area contributed by atoms with E-state index in [-0.39, 0.29) is 30.9 Å². The average molecular weight is 460 g/mol. The molecule has 1 aliphatic heterocycles. The fourth-order valence-electron chi connectivity index (χ4n) is 3.80. The zero-order chi connectivity index (χ0) is 23.1. The van der Waals surface area contributed by atoms with Crippen LogP contribution in [0.15, 0.2) is 60.7 Å². The molecule has 166 valence electrons. The van der Waals surface area contributed by atoms with E-state index in [9.17, 15) is 14.4 Å². The summed E-state index contributed by atoms with van der Waals surface area (Å²) >= 11 is 1.39. The van der Waals surface area contributed by atoms with E-state index in [0.717, 1.165) is 27.2 Å². The number of amides is 4. The van der Waals surface area contributed by atoms with Crippen LogP contribution in [0.4, 0.5) is 10.5 Å². The predicted molar refractivity (Wildman–Crippen MR) is 127 cm³/mol. The van der Waals surface area contributed by atoms with Crippen LogP contribution in [0.2, 0.25) is 0 Å². The third-order valence-corrected chi connectivity index (χ3v) is 6.66. The Morgan fingerprint density at radius 2 is 1.82 bits per heavy atom. The van der Waals surface area contributed by atoms with Crippen LogP contribution in [0.5, 0.6) is 0 Å². The van der Waals surface area contributed by atoms with Gasteiger partial charge in [0.2, 0.25) is 0 Å². The fraction of sp³-hybridized carbons (Fsp3) is 0.167. The van der Waals surface area contributed by atoms with Gasteiger partial charge in [0.25, 0.3) is 11.8 Å². The lowest BCUT2D eigenvalue weighted by atomic mass is 10.2. The molecule has 4 amide bonds. The average Bonchev–Trinajstić information content (AvgIpc) is 3.45. The lowest BCUT2D eigenvalue weighted by Gasteiger charge is -2.14. The number of anilines is 1. The van der Waals surface area contributed by atoms with Gasteiger partial charge in [-0.15, -0.1) is 11.3 Å². The maximum absolute atomic E-state index is 12.9. The number of fused-ring (bicyclic) bond motifs is 1. The number of benzene rings is 2. The van der Waals surface area contributed by atoms with E-state index >= 15 is 0 Å². The highest BCUT2D eigenvalue weighted by Crippen LogP contribution is 2.31. The van der Waals surface area contributed by atoms with E-state index in [0.29, 0.717) is 10.6 Å². The number of hydrogen-bond acceptors (Lipinski definition) is 5. The van der Waals surface area contributed by atoms with Crippen molar-refractivity contribution >= 4 is 45.1 Å². The summed E-state index contributed by atoms with van der Waals surface area (Å²) in [6.07, 6.45) is 0. The largest absolute Gasteiger partial charge is 0.327 e. The summed E-state index contributed by atoms with van der Waals surface area (Å²) in [5, 5.41) is 8.48. The lowest BCUT2D eigenvalue weighted by molar-refractivity contribution is -0.125. The number of nitrogens with zero attached hydrogens (tertiary/aromatic N) is 4. The molecule has 0 bridgehead atoms. The van der Waals surface area contributed by atoms with Crippen LogP contribution in [0, 0.1) is 6.92 Å². The molecule has 0 spiro atoms. The van der Waals surface area contributed by atoms with Gasteiger partial charge in [-0.05, 0) is 42.8 Å². The minimum Gasteiger partial charge on any atom is -0.321 e. The zero-order valence-corrected chi connectivity index (χ0v) is 18.9. The molecule has 33 heavy (non-hydrogen) atoms. The summed E-state index contributed by atoms with van der Waals surface area (Å²) < 4.78 is 1.86. The summed E-state index contributed by atoms with van der Waals surface area (Å²) in [5.74, 6) is -0.413. The van der Waals surface area contributed by atoms with Gasteiger partial charge in [0.1, 0.15) is 11.4 Å². The minimum absolute atomic E-state index is 0.101. The number of carbonyl (C=O) groups is 3. The summed E-state index contributed by atoms with van der Waals surface area (Å²) in [7, 11) is 1.60. The van der Waals surface area contributed by atoms with Gasteiger partial charge in [-0.3, -0.25) is 14.5 Å². The molecule has 1 saturated heterocycles. The number of hydrogen-bond donors (Lipinski definition) is 1. The van der Waals surface area contributed by atoms with Crippen molar-refractivity contribution in [1.29, 1.82) is 0 Å². The number of para-hydroxylation sites is 1. The smallest absolute Gasteiger partial charge is 0.321 e. The van der Waals surface area contributed by atoms with E-state index < -0.39 is 0 Å². The van der Waals surface area contributed by atoms with Crippen molar-refractivity contribution < 1.29 is 14.4 Å². The van der Waals surface area contributed by atoms with Gasteiger partial charge in [0.05, 0.1) is 22.8 Å². The van der Waals surface area contributed by atoms with E-state index in [2.05, 4.69) is 10.4 Å². The summed E-state index contributed by atoms with van der Waals surface area (Å²) in [4.78, 5) is 41.0. The van der Waals surface area contributed by atoms with Crippen LogP contribution < -0.4 is 5.32 Å². The first-order valence-electron chi connectivity index (χ1n) is 10.4. The number of thiophene rings is 1. The van der Waals surface area contributed by atoms with E-state index in [1.807, 2.05) is 48.0 Å². The van der Waals surface area contributed by atoms with Crippen molar-refractivity contribution in [3.63, 3.8) is 0 Å². The molecule has 0 atom stereocenters. The number of carbonyl (C=O) groups excluding carboxylic acids is 3. The number of aryl methyl sites for hydroxylation is 1. The van der Waals surface area contributed by atoms with Gasteiger partial charge in [-0.1, -0.05) is 30.3 Å². The van der Waals surface area contributed by atoms with Crippen molar-refractivity contribution in [2.75, 3.05) is 18.9 Å². The molecule has 1 fully saturated rings. The Hall–Kier alpha value is -3.98. The lowest BCUT2D eigenvalue weighted by Crippen LogP contribution is -2.31. The highest BCUT2D eigenvalue weighted by Gasteiger charge is 2.33. The van der Waals surface area contributed by atoms with Gasteiger partial charge < -0.3 is 10.2 Å². The van der Waals surface area contributed by atoms with Crippen LogP contribution in [0.25, 0.3) is 15.9 Å². The van der Waals surface area contributed by atoms with Crippen LogP contribution in [-0.2, 0) is 11.3 Å². The summed E-state index contributed by atoms with van der Waals surface area (Å²) in [6.45, 7) is 2.24. The summed E-state index contributed by atoms with van der Waals surface area (Å²) in [5.41, 5.74) is 3.26. The Bertz CT molecular complexity index is 1370. The van der Waals surface area contributed by atoms with Gasteiger partial charge in [0.15, 0.2) is 0 Å². The van der Waals surface area contributed by atoms with E-state index in [4.69, 9.17) is 0 Å². The highest BCUT2D eigenvalue weighted by molar-refractivity contribution is 7.20. The topological polar surface area (TPSA) is 87.5 Å². The first-order chi connectivity index (χ1) is 15.9. The molecule has 1 aliphatic rings. The standard InChI is InChI=1S/C24H21N5O3S/c1-15-19-12-20(33-23(19)29(26-15)18-6-4-3-5-7-18)22(31)25-17-10-8-16(9-11-17)13-28-21(30)14-27(2)24(28)32/h3-12H,13-14H2,1-2H3,(H,25,31). The first-order valence-corrected chi connectivity index (χ1v) is 11.2. The fourth-order valence-corrected chi connectivity index (χ4v) is 4.87. The molecule has 2 aromatic heterocycles. The van der Waals surface area contributed by atoms with Crippen LogP contribution in [0.3, 0.4) is 0 Å². The normalized spacial score (nSPS) is 13.9. The molecule has 0 unspecified atom stereocenters. The van der Waals surface area contributed by atoms with Gasteiger partial charge in [-0.25, -0.2) is 9.48 Å². The van der Waals surface area contributed by atoms with Gasteiger partial charge in [-0.2, -0.15) is 5.10 Å². The molecule has 0 saturated carbocycles. The van der Waals surface area contributed by atoms with Crippen LogP contribution in [-0.4, -0.2) is 51.0 Å². The van der Waals surface area contributed by atoms with E-state index in [1.54, 1.807) is 31.3 Å². The Balaban J connectivity index is 1.32. The minimum atomic E-state index is -0.300. The number of likely N-dealkylation sites (N-methyl/N-ethyl adjacent to an activating group) is 1. The third kappa shape index (κ3) is 3.87. The van der Waals surface area contributed by atoms with Crippen LogP contribution in [0.1, 0.15) is 20.9 Å². The molecule has 8 nitrogen and oxygen atoms in total. The zero-order valence-electron chi connectivity index (χ0n) is 18.1. The quantitative estimate of drug-likeness (QED) is 0.456. The third-order valence-electron chi connectivity index (χ3n) is 5.55. The van der Waals surface area contributed by atoms with Crippen molar-refractivity contribution in [2.45, 2.75) is 13.5 Å². The molecule has 0 radical (unpaired) electrons. The Labute approximate surface area is 194 Å². The first kappa shape index (κ1) is 20.9. The van der Waals surface area contributed by atoms with Crippen molar-refractivity contribution in [3.8, 4) is 5.69 Å². The van der Waals surface area contributed by atoms with Gasteiger partial charge in [0, 0.05) is 18.1 Å². The maximum Gasteiger partial charge on any atom is 0.327 e. The number of imide groups is 1. The molecule has 0 aliphatic carbocycles. The highest BCUT2D eigenvalue weighted by atomic mass is 32.1. The molecule has 4 aromatic rings. The monoisotopic (exact) mass is 459 g/mol. The van der Waals surface area contributed by atoms with Crippen molar-refractivity contribution in [1.82, 2.24) is 19.6 Å². The molecule has 1 N–H and O–H groups in total. The van der Waals surface area contributed by atoms with Crippen molar-refractivity contribution in [3.05, 3.63) is 76.8 Å². The SMILES string of the molecule is Cc1nn(-c2ccccc2)c2sc(C(=O)Nc3ccc(CN4C(=O)CN(C)C4=O)cc3)cc12. The second-order valence-electron chi connectivity index (χ2n) is 7.93. The van der Waals surface area contributed by atoms with E-state index in [1.165, 1.54) is 21.1 Å². The van der Waals surface area contributed by atoms with Gasteiger partial charge >= 0.3 is 6.03 Å². The Kier molecular flexibility index (Phi) is 5.18. The molecule has 9 heteroatoms. The molecule has 2 aromatic carbocycles. The molecular formula is C24H21N5O3S. The molecular weight excluding hydrogens is 438 g/mol. The number of aromatic nitrogens is 2. The number of urea groups is 1. The maximum atomic E-state index is 12.9. The number of rotatable bonds is 5. The Morgan fingerprint density at radius 1 is 1.09 bits per heavy atom.